The predicted octanol–water partition coefficient (Wildman–Crippen LogP) is 2.96. The summed E-state index contributed by atoms with van der Waals surface area (Å²) < 4.78 is 31.6. The van der Waals surface area contributed by atoms with Crippen molar-refractivity contribution in [2.75, 3.05) is 7.05 Å². The molecule has 0 fully saturated rings. The van der Waals surface area contributed by atoms with Crippen LogP contribution >= 0.6 is 0 Å². The van der Waals surface area contributed by atoms with E-state index in [2.05, 4.69) is 10.0 Å². The van der Waals surface area contributed by atoms with E-state index in [1.165, 1.54) is 7.05 Å². The molecule has 0 spiro atoms. The Balaban J connectivity index is 1.70. The Kier molecular flexibility index (Phi) is 5.86. The summed E-state index contributed by atoms with van der Waals surface area (Å²) in [5, 5.41) is 3.82. The summed E-state index contributed by atoms with van der Waals surface area (Å²) in [5.41, 5.74) is 5.30. The van der Waals surface area contributed by atoms with Crippen molar-refractivity contribution in [1.82, 2.24) is 10.0 Å². The van der Waals surface area contributed by atoms with Crippen LogP contribution in [0.2, 0.25) is 0 Å². The van der Waals surface area contributed by atoms with Gasteiger partial charge in [0.05, 0.1) is 18.4 Å². The quantitative estimate of drug-likeness (QED) is 0.638. The number of rotatable bonds is 7. The molecule has 2 aromatic carbocycles. The van der Waals surface area contributed by atoms with Crippen LogP contribution in [0.3, 0.4) is 0 Å². The van der Waals surface area contributed by atoms with Crippen molar-refractivity contribution in [3.8, 4) is 0 Å². The van der Waals surface area contributed by atoms with Gasteiger partial charge in [-0.05, 0) is 43.1 Å². The molecule has 28 heavy (non-hydrogen) atoms. The summed E-state index contributed by atoms with van der Waals surface area (Å²) in [7, 11) is -1.99. The molecule has 1 aromatic heterocycles. The van der Waals surface area contributed by atoms with Gasteiger partial charge in [0.1, 0.15) is 5.58 Å². The van der Waals surface area contributed by atoms with Crippen LogP contribution in [0.1, 0.15) is 27.8 Å². The topological polar surface area (TPSA) is 88.4 Å². The maximum Gasteiger partial charge on any atom is 0.224 e. The molecule has 0 radical (unpaired) electrons. The van der Waals surface area contributed by atoms with Gasteiger partial charge in [-0.2, -0.15) is 0 Å². The van der Waals surface area contributed by atoms with E-state index in [1.54, 1.807) is 18.4 Å². The molecule has 0 aliphatic rings. The molecule has 6 nitrogen and oxygen atoms in total. The number of amides is 1. The molecule has 0 saturated heterocycles. The first kappa shape index (κ1) is 20.1. The molecule has 0 unspecified atom stereocenters. The summed E-state index contributed by atoms with van der Waals surface area (Å²) in [5.74, 6) is -0.271. The fraction of sp³-hybridized carbons (Fsp3) is 0.286. The van der Waals surface area contributed by atoms with Crippen LogP contribution in [0.25, 0.3) is 11.0 Å². The Morgan fingerprint density at radius 2 is 1.75 bits per heavy atom. The van der Waals surface area contributed by atoms with Crippen molar-refractivity contribution in [2.45, 2.75) is 32.6 Å². The van der Waals surface area contributed by atoms with Crippen LogP contribution < -0.4 is 10.0 Å². The lowest BCUT2D eigenvalue weighted by Gasteiger charge is -2.11. The van der Waals surface area contributed by atoms with Crippen LogP contribution in [-0.2, 0) is 33.5 Å². The minimum atomic E-state index is -3.38. The van der Waals surface area contributed by atoms with Gasteiger partial charge in [-0.3, -0.25) is 4.79 Å². The molecule has 0 aliphatic heterocycles. The average molecular weight is 401 g/mol. The SMILES string of the molecule is CNS(=O)(=O)Cc1ccccc1CNC(=O)Cc1coc2c(C)c(C)ccc12. The zero-order chi connectivity index (χ0) is 20.3. The van der Waals surface area contributed by atoms with Crippen LogP contribution in [-0.4, -0.2) is 21.4 Å². The Labute approximate surface area is 165 Å². The van der Waals surface area contributed by atoms with Gasteiger partial charge < -0.3 is 9.73 Å². The van der Waals surface area contributed by atoms with Gasteiger partial charge in [-0.15, -0.1) is 0 Å². The van der Waals surface area contributed by atoms with Crippen molar-refractivity contribution >= 4 is 26.9 Å². The number of hydrogen-bond acceptors (Lipinski definition) is 4. The van der Waals surface area contributed by atoms with Gasteiger partial charge in [0.25, 0.3) is 0 Å². The van der Waals surface area contributed by atoms with E-state index in [0.29, 0.717) is 5.56 Å². The maximum absolute atomic E-state index is 12.4. The zero-order valence-electron chi connectivity index (χ0n) is 16.2. The molecule has 7 heteroatoms. The lowest BCUT2D eigenvalue weighted by Crippen LogP contribution is -2.26. The summed E-state index contributed by atoms with van der Waals surface area (Å²) in [6.07, 6.45) is 1.83. The summed E-state index contributed by atoms with van der Waals surface area (Å²) in [6, 6.07) is 11.2. The van der Waals surface area contributed by atoms with Gasteiger partial charge in [-0.1, -0.05) is 36.4 Å². The summed E-state index contributed by atoms with van der Waals surface area (Å²) >= 11 is 0. The van der Waals surface area contributed by atoms with E-state index in [0.717, 1.165) is 33.2 Å². The second kappa shape index (κ2) is 8.16. The highest BCUT2D eigenvalue weighted by Crippen LogP contribution is 2.26. The van der Waals surface area contributed by atoms with Crippen LogP contribution in [0, 0.1) is 13.8 Å². The lowest BCUT2D eigenvalue weighted by atomic mass is 10.0. The van der Waals surface area contributed by atoms with E-state index in [9.17, 15) is 13.2 Å². The summed E-state index contributed by atoms with van der Waals surface area (Å²) in [6.45, 7) is 4.29. The van der Waals surface area contributed by atoms with Crippen molar-refractivity contribution in [3.05, 3.63) is 70.5 Å². The van der Waals surface area contributed by atoms with Gasteiger partial charge in [-0.25, -0.2) is 13.1 Å². The molecular weight excluding hydrogens is 376 g/mol. The van der Waals surface area contributed by atoms with E-state index in [-0.39, 0.29) is 24.6 Å². The third-order valence-electron chi connectivity index (χ3n) is 4.94. The van der Waals surface area contributed by atoms with Gasteiger partial charge >= 0.3 is 0 Å². The minimum absolute atomic E-state index is 0.124. The second-order valence-electron chi connectivity index (χ2n) is 6.83. The molecule has 3 aromatic rings. The second-order valence-corrected chi connectivity index (χ2v) is 8.76. The lowest BCUT2D eigenvalue weighted by molar-refractivity contribution is -0.120. The van der Waals surface area contributed by atoms with Crippen LogP contribution in [0.4, 0.5) is 0 Å². The first-order chi connectivity index (χ1) is 13.3. The molecule has 0 bridgehead atoms. The van der Waals surface area contributed by atoms with Crippen molar-refractivity contribution < 1.29 is 17.6 Å². The highest BCUT2D eigenvalue weighted by Gasteiger charge is 2.15. The number of carbonyl (C=O) groups excluding carboxylic acids is 1. The Hall–Kier alpha value is -2.64. The monoisotopic (exact) mass is 400 g/mol. The van der Waals surface area contributed by atoms with Crippen LogP contribution in [0.5, 0.6) is 0 Å². The molecular formula is C21H24N2O4S. The van der Waals surface area contributed by atoms with Crippen molar-refractivity contribution in [1.29, 1.82) is 0 Å². The number of furan rings is 1. The fourth-order valence-electron chi connectivity index (χ4n) is 3.10. The number of carbonyl (C=O) groups is 1. The first-order valence-electron chi connectivity index (χ1n) is 9.01. The maximum atomic E-state index is 12.4. The molecule has 0 aliphatic carbocycles. The van der Waals surface area contributed by atoms with Gasteiger partial charge in [0.2, 0.25) is 15.9 Å². The van der Waals surface area contributed by atoms with Crippen LogP contribution in [0.15, 0.2) is 47.1 Å². The number of fused-ring (bicyclic) bond motifs is 1. The first-order valence-corrected chi connectivity index (χ1v) is 10.7. The standard InChI is InChI=1S/C21H24N2O4S/c1-14-8-9-19-18(12-27-21(19)15(14)2)10-20(24)23-11-16-6-4-5-7-17(16)13-28(25,26)22-3/h4-9,12,22H,10-11,13H2,1-3H3,(H,23,24). The molecule has 1 amide bonds. The largest absolute Gasteiger partial charge is 0.464 e. The average Bonchev–Trinajstić information content (AvgIpc) is 3.07. The number of nitrogens with one attached hydrogen (secondary N) is 2. The highest BCUT2D eigenvalue weighted by atomic mass is 32.2. The molecule has 1 heterocycles. The third kappa shape index (κ3) is 4.43. The number of hydrogen-bond donors (Lipinski definition) is 2. The number of benzene rings is 2. The van der Waals surface area contributed by atoms with Crippen molar-refractivity contribution in [2.24, 2.45) is 0 Å². The Morgan fingerprint density at radius 1 is 1.04 bits per heavy atom. The van der Waals surface area contributed by atoms with Crippen molar-refractivity contribution in [3.63, 3.8) is 0 Å². The third-order valence-corrected chi connectivity index (χ3v) is 6.26. The molecule has 0 saturated carbocycles. The normalized spacial score (nSPS) is 11.7. The molecule has 148 valence electrons. The minimum Gasteiger partial charge on any atom is -0.464 e. The van der Waals surface area contributed by atoms with E-state index >= 15 is 0 Å². The highest BCUT2D eigenvalue weighted by molar-refractivity contribution is 7.88. The number of sulfonamides is 1. The van der Waals surface area contributed by atoms with Gasteiger partial charge in [0, 0.05) is 17.5 Å². The molecule has 0 atom stereocenters. The molecule has 2 N–H and O–H groups in total. The zero-order valence-corrected chi connectivity index (χ0v) is 17.0. The number of aryl methyl sites for hydroxylation is 2. The predicted molar refractivity (Wildman–Crippen MR) is 109 cm³/mol. The van der Waals surface area contributed by atoms with Gasteiger partial charge in [0.15, 0.2) is 0 Å². The Bertz CT molecular complexity index is 1120. The smallest absolute Gasteiger partial charge is 0.224 e. The molecule has 3 rings (SSSR count). The van der Waals surface area contributed by atoms with E-state index in [1.807, 2.05) is 38.1 Å². The van der Waals surface area contributed by atoms with E-state index in [4.69, 9.17) is 4.42 Å². The fourth-order valence-corrected chi connectivity index (χ4v) is 3.94. The van der Waals surface area contributed by atoms with E-state index < -0.39 is 10.0 Å². The summed E-state index contributed by atoms with van der Waals surface area (Å²) in [4.78, 5) is 12.4. The Morgan fingerprint density at radius 3 is 2.46 bits per heavy atom.